The number of hydrogen-bond donors (Lipinski definition) is 0. The fraction of sp³-hybridized carbons (Fsp3) is 0.704. The van der Waals surface area contributed by atoms with E-state index in [1.165, 1.54) is 94.9 Å². The van der Waals surface area contributed by atoms with Crippen LogP contribution in [0.3, 0.4) is 0 Å². The summed E-state index contributed by atoms with van der Waals surface area (Å²) in [5.41, 5.74) is 0.289. The van der Waals surface area contributed by atoms with Crippen molar-refractivity contribution in [3.8, 4) is 0 Å². The van der Waals surface area contributed by atoms with Crippen molar-refractivity contribution in [2.24, 2.45) is 0 Å². The molecular formula is C27H41ClF3NO2. The van der Waals surface area contributed by atoms with Crippen LogP contribution < -0.4 is 4.90 Å². The molecule has 0 radical (unpaired) electrons. The van der Waals surface area contributed by atoms with Crippen LogP contribution in [0.5, 0.6) is 0 Å². The molecule has 0 fully saturated rings. The van der Waals surface area contributed by atoms with Crippen LogP contribution in [-0.2, 0) is 4.79 Å². The van der Waals surface area contributed by atoms with Crippen molar-refractivity contribution in [3.63, 3.8) is 0 Å². The molecule has 0 spiro atoms. The van der Waals surface area contributed by atoms with Crippen LogP contribution >= 0.6 is 11.6 Å². The number of carbonyl (C=O) groups excluding carboxylic acids is 2. The van der Waals surface area contributed by atoms with Gasteiger partial charge < -0.3 is 4.90 Å². The highest BCUT2D eigenvalue weighted by atomic mass is 35.5. The summed E-state index contributed by atoms with van der Waals surface area (Å²) in [4.78, 5) is 23.8. The lowest BCUT2D eigenvalue weighted by molar-refractivity contribution is -0.170. The summed E-state index contributed by atoms with van der Waals surface area (Å²) in [7, 11) is 0. The van der Waals surface area contributed by atoms with E-state index in [1.807, 2.05) is 0 Å². The third-order valence-electron chi connectivity index (χ3n) is 6.13. The molecule has 0 aromatic heterocycles. The number of anilines is 1. The smallest absolute Gasteiger partial charge is 0.305 e. The molecule has 0 saturated carbocycles. The van der Waals surface area contributed by atoms with Gasteiger partial charge in [0.05, 0.1) is 0 Å². The van der Waals surface area contributed by atoms with Gasteiger partial charge in [-0.3, -0.25) is 9.59 Å². The molecule has 3 nitrogen and oxygen atoms in total. The summed E-state index contributed by atoms with van der Waals surface area (Å²) in [6, 6.07) is 5.31. The molecule has 1 aromatic carbocycles. The Bertz CT molecular complexity index is 692. The summed E-state index contributed by atoms with van der Waals surface area (Å²) in [6.45, 7) is 2.23. The Hall–Kier alpha value is -1.56. The van der Waals surface area contributed by atoms with Gasteiger partial charge in [0, 0.05) is 17.8 Å². The number of rotatable bonds is 19. The highest BCUT2D eigenvalue weighted by molar-refractivity contribution is 6.67. The van der Waals surface area contributed by atoms with E-state index in [-0.39, 0.29) is 17.8 Å². The molecule has 0 heterocycles. The SMILES string of the molecule is CCCCCCCCCCCCCCCCCCN(C(=O)C(F)(F)F)c1ccc(C(=O)Cl)cc1. The van der Waals surface area contributed by atoms with Crippen LogP contribution in [0.25, 0.3) is 0 Å². The number of nitrogens with zero attached hydrogens (tertiary/aromatic N) is 1. The minimum absolute atomic E-state index is 0.00897. The molecule has 0 saturated heterocycles. The van der Waals surface area contributed by atoms with Gasteiger partial charge in [0.2, 0.25) is 0 Å². The fourth-order valence-corrected chi connectivity index (χ4v) is 4.22. The lowest BCUT2D eigenvalue weighted by Gasteiger charge is -2.24. The largest absolute Gasteiger partial charge is 0.471 e. The maximum Gasteiger partial charge on any atom is 0.471 e. The van der Waals surface area contributed by atoms with Crippen molar-refractivity contribution < 1.29 is 22.8 Å². The highest BCUT2D eigenvalue weighted by Gasteiger charge is 2.42. The number of hydrogen-bond acceptors (Lipinski definition) is 2. The molecule has 0 bridgehead atoms. The number of alkyl halides is 3. The topological polar surface area (TPSA) is 37.4 Å². The van der Waals surface area contributed by atoms with Crippen LogP contribution in [0.2, 0.25) is 0 Å². The van der Waals surface area contributed by atoms with Gasteiger partial charge in [-0.1, -0.05) is 103 Å². The van der Waals surface area contributed by atoms with Crippen LogP contribution in [0.1, 0.15) is 120 Å². The van der Waals surface area contributed by atoms with E-state index in [1.54, 1.807) is 0 Å². The van der Waals surface area contributed by atoms with Crippen LogP contribution in [0, 0.1) is 0 Å². The zero-order valence-corrected chi connectivity index (χ0v) is 21.4. The minimum Gasteiger partial charge on any atom is -0.305 e. The van der Waals surface area contributed by atoms with Crippen LogP contribution in [0.4, 0.5) is 18.9 Å². The van der Waals surface area contributed by atoms with Crippen molar-refractivity contribution in [1.29, 1.82) is 0 Å². The average molecular weight is 504 g/mol. The Kier molecular flexibility index (Phi) is 16.0. The molecule has 0 unspecified atom stereocenters. The van der Waals surface area contributed by atoms with Gasteiger partial charge in [0.25, 0.3) is 5.24 Å². The monoisotopic (exact) mass is 503 g/mol. The Morgan fingerprint density at radius 3 is 1.44 bits per heavy atom. The van der Waals surface area contributed by atoms with Crippen molar-refractivity contribution in [3.05, 3.63) is 29.8 Å². The van der Waals surface area contributed by atoms with Gasteiger partial charge in [-0.05, 0) is 42.3 Å². The van der Waals surface area contributed by atoms with Crippen molar-refractivity contribution >= 4 is 28.4 Å². The summed E-state index contributed by atoms with van der Waals surface area (Å²) in [5.74, 6) is -1.89. The summed E-state index contributed by atoms with van der Waals surface area (Å²) >= 11 is 5.38. The molecular weight excluding hydrogens is 463 g/mol. The molecule has 1 aromatic rings. The van der Waals surface area contributed by atoms with Crippen molar-refractivity contribution in [2.45, 2.75) is 116 Å². The number of unbranched alkanes of at least 4 members (excludes halogenated alkanes) is 15. The van der Waals surface area contributed by atoms with E-state index in [4.69, 9.17) is 11.6 Å². The first kappa shape index (κ1) is 30.5. The molecule has 7 heteroatoms. The van der Waals surface area contributed by atoms with E-state index < -0.39 is 17.3 Å². The maximum atomic E-state index is 13.0. The highest BCUT2D eigenvalue weighted by Crippen LogP contribution is 2.25. The summed E-state index contributed by atoms with van der Waals surface area (Å²) in [6.07, 6.45) is 14.0. The standard InChI is InChI=1S/C27H41ClF3NO2/c1-2-3-4-5-6-7-8-9-10-11-12-13-14-15-16-17-22-32(26(34)27(29,30)31)24-20-18-23(19-21-24)25(28)33/h18-21H,2-17,22H2,1H3. The third kappa shape index (κ3) is 13.4. The maximum absolute atomic E-state index is 13.0. The number of benzene rings is 1. The molecule has 0 N–H and O–H groups in total. The first-order chi connectivity index (χ1) is 16.3. The molecule has 34 heavy (non-hydrogen) atoms. The quantitative estimate of drug-likeness (QED) is 0.139. The summed E-state index contributed by atoms with van der Waals surface area (Å²) in [5, 5.41) is -0.696. The van der Waals surface area contributed by atoms with Gasteiger partial charge in [-0.2, -0.15) is 13.2 Å². The van der Waals surface area contributed by atoms with Gasteiger partial charge in [0.15, 0.2) is 0 Å². The Labute approximate surface area is 208 Å². The second-order valence-corrected chi connectivity index (χ2v) is 9.42. The normalized spacial score (nSPS) is 11.6. The van der Waals surface area contributed by atoms with Crippen LogP contribution in [0.15, 0.2) is 24.3 Å². The first-order valence-corrected chi connectivity index (χ1v) is 13.3. The Morgan fingerprint density at radius 1 is 0.706 bits per heavy atom. The average Bonchev–Trinajstić information content (AvgIpc) is 2.80. The van der Waals surface area contributed by atoms with Gasteiger partial charge >= 0.3 is 12.1 Å². The summed E-state index contributed by atoms with van der Waals surface area (Å²) < 4.78 is 39.1. The number of amides is 1. The number of carbonyl (C=O) groups is 2. The third-order valence-corrected chi connectivity index (χ3v) is 6.35. The van der Waals surface area contributed by atoms with E-state index in [9.17, 15) is 22.8 Å². The Morgan fingerprint density at radius 2 is 1.09 bits per heavy atom. The molecule has 1 rings (SSSR count). The van der Waals surface area contributed by atoms with Crippen molar-refractivity contribution in [2.75, 3.05) is 11.4 Å². The van der Waals surface area contributed by atoms with E-state index >= 15 is 0 Å². The predicted molar refractivity (Wildman–Crippen MR) is 135 cm³/mol. The fourth-order valence-electron chi connectivity index (χ4n) is 4.09. The Balaban J connectivity index is 2.19. The molecule has 0 aliphatic rings. The molecule has 0 aliphatic heterocycles. The van der Waals surface area contributed by atoms with E-state index in [0.717, 1.165) is 30.6 Å². The van der Waals surface area contributed by atoms with E-state index in [2.05, 4.69) is 6.92 Å². The van der Waals surface area contributed by atoms with Crippen molar-refractivity contribution in [1.82, 2.24) is 0 Å². The van der Waals surface area contributed by atoms with Gasteiger partial charge in [-0.15, -0.1) is 0 Å². The molecule has 194 valence electrons. The molecule has 0 aliphatic carbocycles. The van der Waals surface area contributed by atoms with Gasteiger partial charge in [0.1, 0.15) is 0 Å². The second kappa shape index (κ2) is 17.8. The lowest BCUT2D eigenvalue weighted by Crippen LogP contribution is -2.41. The van der Waals surface area contributed by atoms with Gasteiger partial charge in [-0.25, -0.2) is 0 Å². The zero-order chi connectivity index (χ0) is 25.2. The molecule has 1 amide bonds. The number of halogens is 4. The lowest BCUT2D eigenvalue weighted by atomic mass is 10.0. The van der Waals surface area contributed by atoms with Crippen LogP contribution in [-0.4, -0.2) is 23.9 Å². The second-order valence-electron chi connectivity index (χ2n) is 9.08. The predicted octanol–water partition coefficient (Wildman–Crippen LogP) is 9.22. The first-order valence-electron chi connectivity index (χ1n) is 13.0. The molecule has 0 atom stereocenters. The zero-order valence-electron chi connectivity index (χ0n) is 20.6. The van der Waals surface area contributed by atoms with E-state index in [0.29, 0.717) is 6.42 Å². The minimum atomic E-state index is -4.95.